The summed E-state index contributed by atoms with van der Waals surface area (Å²) >= 11 is 0. The number of carbonyl (C=O) groups excluding carboxylic acids is 1. The Hall–Kier alpha value is -1.58. The number of hydrogen-bond donors (Lipinski definition) is 2. The first kappa shape index (κ1) is 11.4. The molecule has 0 aliphatic heterocycles. The molecule has 2 N–H and O–H groups in total. The Morgan fingerprint density at radius 1 is 1.62 bits per heavy atom. The van der Waals surface area contributed by atoms with Crippen LogP contribution in [-0.4, -0.2) is 18.3 Å². The van der Waals surface area contributed by atoms with Crippen LogP contribution in [0.3, 0.4) is 0 Å². The first-order chi connectivity index (χ1) is 6.20. The third-order valence-corrected chi connectivity index (χ3v) is 1.06. The Labute approximate surface area is 78.4 Å². The first-order valence-electron chi connectivity index (χ1n) is 4.02. The van der Waals surface area contributed by atoms with Gasteiger partial charge in [-0.15, -0.1) is 6.58 Å². The van der Waals surface area contributed by atoms with Crippen molar-refractivity contribution in [3.63, 3.8) is 0 Å². The Morgan fingerprint density at radius 3 is 2.77 bits per heavy atom. The van der Waals surface area contributed by atoms with Gasteiger partial charge < -0.3 is 10.7 Å². The van der Waals surface area contributed by atoms with Crippen LogP contribution in [0.4, 0.5) is 0 Å². The predicted octanol–water partition coefficient (Wildman–Crippen LogP) is 0.788. The van der Waals surface area contributed by atoms with Crippen molar-refractivity contribution in [1.29, 1.82) is 0 Å². The molecule has 0 unspecified atom stereocenters. The van der Waals surface area contributed by atoms with Crippen LogP contribution in [0.1, 0.15) is 13.8 Å². The maximum absolute atomic E-state index is 10.7. The van der Waals surface area contributed by atoms with Crippen LogP contribution in [-0.2, 0) is 4.79 Å². The summed E-state index contributed by atoms with van der Waals surface area (Å²) in [4.78, 5) is 10.7. The van der Waals surface area contributed by atoms with Gasteiger partial charge in [0.05, 0.1) is 6.54 Å². The lowest BCUT2D eigenvalue weighted by molar-refractivity contribution is -0.117. The third kappa shape index (κ3) is 6.80. The largest absolute Gasteiger partial charge is 0.310 e. The van der Waals surface area contributed by atoms with Crippen molar-refractivity contribution in [2.24, 2.45) is 5.10 Å². The molecule has 0 fully saturated rings. The number of nitrogens with one attached hydrogen (secondary N) is 2. The number of amides is 1. The molecule has 0 atom stereocenters. The minimum atomic E-state index is -0.141. The van der Waals surface area contributed by atoms with E-state index >= 15 is 0 Å². The lowest BCUT2D eigenvalue weighted by atomic mass is 10.4. The van der Waals surface area contributed by atoms with E-state index in [0.29, 0.717) is 12.4 Å². The average Bonchev–Trinajstić information content (AvgIpc) is 2.04. The van der Waals surface area contributed by atoms with E-state index in [1.807, 2.05) is 6.92 Å². The van der Waals surface area contributed by atoms with Gasteiger partial charge >= 0.3 is 0 Å². The standard InChI is InChI=1S/C9H15N3O/c1-4-6-9(11-8(3)13)12-10-7-5-2/h4-6,10H,2,7H2,1,3H3,(H,11,12,13)/b6-4-. The van der Waals surface area contributed by atoms with Crippen LogP contribution in [0.25, 0.3) is 0 Å². The Morgan fingerprint density at radius 2 is 2.31 bits per heavy atom. The summed E-state index contributed by atoms with van der Waals surface area (Å²) in [5.41, 5.74) is 2.73. The number of amidine groups is 1. The van der Waals surface area contributed by atoms with Gasteiger partial charge in [0.1, 0.15) is 0 Å². The molecule has 0 aliphatic rings. The van der Waals surface area contributed by atoms with Gasteiger partial charge in [-0.05, 0) is 13.0 Å². The van der Waals surface area contributed by atoms with Crippen molar-refractivity contribution < 1.29 is 4.79 Å². The lowest BCUT2D eigenvalue weighted by Crippen LogP contribution is -2.28. The highest BCUT2D eigenvalue weighted by Crippen LogP contribution is 1.77. The fraction of sp³-hybridized carbons (Fsp3) is 0.333. The van der Waals surface area contributed by atoms with E-state index in [0.717, 1.165) is 0 Å². The molecule has 13 heavy (non-hydrogen) atoms. The van der Waals surface area contributed by atoms with Crippen LogP contribution in [0.5, 0.6) is 0 Å². The summed E-state index contributed by atoms with van der Waals surface area (Å²) in [6, 6.07) is 0. The Kier molecular flexibility index (Phi) is 6.23. The zero-order valence-corrected chi connectivity index (χ0v) is 8.00. The monoisotopic (exact) mass is 181 g/mol. The first-order valence-corrected chi connectivity index (χ1v) is 4.02. The van der Waals surface area contributed by atoms with Crippen molar-refractivity contribution in [2.45, 2.75) is 13.8 Å². The number of rotatable bonds is 4. The molecular formula is C9H15N3O. The highest BCUT2D eigenvalue weighted by atomic mass is 16.1. The van der Waals surface area contributed by atoms with Gasteiger partial charge in [0.2, 0.25) is 5.91 Å². The molecule has 0 aromatic heterocycles. The summed E-state index contributed by atoms with van der Waals surface area (Å²) < 4.78 is 0. The van der Waals surface area contributed by atoms with E-state index in [2.05, 4.69) is 22.4 Å². The molecule has 4 heteroatoms. The van der Waals surface area contributed by atoms with E-state index in [9.17, 15) is 4.79 Å². The summed E-state index contributed by atoms with van der Waals surface area (Å²) in [5.74, 6) is 0.356. The molecule has 0 aromatic rings. The molecule has 1 amide bonds. The maximum atomic E-state index is 10.7. The SMILES string of the molecule is C=CCN/N=C(\C=C/C)NC(C)=O. The molecule has 4 nitrogen and oxygen atoms in total. The average molecular weight is 181 g/mol. The van der Waals surface area contributed by atoms with Gasteiger partial charge in [0.25, 0.3) is 0 Å². The quantitative estimate of drug-likeness (QED) is 0.221. The van der Waals surface area contributed by atoms with E-state index in [1.54, 1.807) is 18.2 Å². The fourth-order valence-electron chi connectivity index (χ4n) is 0.640. The normalized spacial score (nSPS) is 11.4. The number of carbonyl (C=O) groups is 1. The maximum Gasteiger partial charge on any atom is 0.222 e. The van der Waals surface area contributed by atoms with Crippen LogP contribution in [0.2, 0.25) is 0 Å². The van der Waals surface area contributed by atoms with E-state index in [4.69, 9.17) is 0 Å². The molecule has 72 valence electrons. The molecule has 0 aromatic carbocycles. The molecule has 0 heterocycles. The molecule has 0 spiro atoms. The van der Waals surface area contributed by atoms with Gasteiger partial charge in [0.15, 0.2) is 5.84 Å². The van der Waals surface area contributed by atoms with Gasteiger partial charge in [-0.2, -0.15) is 5.10 Å². The van der Waals surface area contributed by atoms with Gasteiger partial charge in [-0.1, -0.05) is 12.2 Å². The van der Waals surface area contributed by atoms with E-state index in [-0.39, 0.29) is 5.91 Å². The molecular weight excluding hydrogens is 166 g/mol. The number of allylic oxidation sites excluding steroid dienone is 1. The smallest absolute Gasteiger partial charge is 0.222 e. The van der Waals surface area contributed by atoms with E-state index < -0.39 is 0 Å². The lowest BCUT2D eigenvalue weighted by Gasteiger charge is -2.01. The minimum Gasteiger partial charge on any atom is -0.310 e. The zero-order valence-electron chi connectivity index (χ0n) is 8.00. The Balaban J connectivity index is 4.13. The molecule has 0 radical (unpaired) electrons. The summed E-state index contributed by atoms with van der Waals surface area (Å²) in [7, 11) is 0. The summed E-state index contributed by atoms with van der Waals surface area (Å²) in [6.45, 7) is 7.39. The van der Waals surface area contributed by atoms with Crippen LogP contribution in [0, 0.1) is 0 Å². The molecule has 0 saturated carbocycles. The van der Waals surface area contributed by atoms with Gasteiger partial charge in [-0.3, -0.25) is 4.79 Å². The Bertz CT molecular complexity index is 231. The van der Waals surface area contributed by atoms with Crippen LogP contribution in [0.15, 0.2) is 29.9 Å². The molecule has 0 rings (SSSR count). The van der Waals surface area contributed by atoms with Gasteiger partial charge in [0, 0.05) is 6.92 Å². The fourth-order valence-corrected chi connectivity index (χ4v) is 0.640. The van der Waals surface area contributed by atoms with Crippen LogP contribution < -0.4 is 10.7 Å². The zero-order chi connectivity index (χ0) is 10.1. The molecule has 0 saturated heterocycles. The van der Waals surface area contributed by atoms with Crippen molar-refractivity contribution in [1.82, 2.24) is 10.7 Å². The second kappa shape index (κ2) is 7.09. The third-order valence-electron chi connectivity index (χ3n) is 1.06. The molecule has 0 aliphatic carbocycles. The summed E-state index contributed by atoms with van der Waals surface area (Å²) in [5, 5.41) is 6.49. The van der Waals surface area contributed by atoms with E-state index in [1.165, 1.54) is 6.92 Å². The number of nitrogens with zero attached hydrogens (tertiary/aromatic N) is 1. The number of hydrazone groups is 1. The van der Waals surface area contributed by atoms with Crippen molar-refractivity contribution >= 4 is 11.7 Å². The predicted molar refractivity (Wildman–Crippen MR) is 54.3 cm³/mol. The minimum absolute atomic E-state index is 0.141. The number of hydrogen-bond acceptors (Lipinski definition) is 3. The van der Waals surface area contributed by atoms with Crippen molar-refractivity contribution in [3.05, 3.63) is 24.8 Å². The van der Waals surface area contributed by atoms with Gasteiger partial charge in [-0.25, -0.2) is 0 Å². The van der Waals surface area contributed by atoms with Crippen LogP contribution >= 0.6 is 0 Å². The highest BCUT2D eigenvalue weighted by Gasteiger charge is 1.94. The van der Waals surface area contributed by atoms with Crippen molar-refractivity contribution in [3.8, 4) is 0 Å². The second-order valence-electron chi connectivity index (χ2n) is 2.33. The topological polar surface area (TPSA) is 53.5 Å². The second-order valence-corrected chi connectivity index (χ2v) is 2.33. The highest BCUT2D eigenvalue weighted by molar-refractivity contribution is 6.03. The summed E-state index contributed by atoms with van der Waals surface area (Å²) in [6.07, 6.45) is 5.19. The molecule has 0 bridgehead atoms. The van der Waals surface area contributed by atoms with Crippen molar-refractivity contribution in [2.75, 3.05) is 6.54 Å².